The lowest BCUT2D eigenvalue weighted by Crippen LogP contribution is -2.42. The van der Waals surface area contributed by atoms with Crippen LogP contribution in [-0.4, -0.2) is 37.0 Å². The molecule has 0 spiro atoms. The van der Waals surface area contributed by atoms with E-state index in [0.29, 0.717) is 12.6 Å². The Kier molecular flexibility index (Phi) is 3.53. The average molecular weight is 170 g/mol. The number of likely N-dealkylation sites (N-methyl/N-ethyl adjacent to an activating group) is 1. The molecule has 1 N–H and O–H groups in total. The van der Waals surface area contributed by atoms with Crippen molar-refractivity contribution in [1.82, 2.24) is 10.2 Å². The van der Waals surface area contributed by atoms with Gasteiger partial charge in [0.25, 0.3) is 0 Å². The van der Waals surface area contributed by atoms with Gasteiger partial charge >= 0.3 is 0 Å². The molecule has 0 aliphatic heterocycles. The minimum atomic E-state index is 0.199. The quantitative estimate of drug-likeness (QED) is 0.670. The van der Waals surface area contributed by atoms with E-state index in [-0.39, 0.29) is 5.91 Å². The highest BCUT2D eigenvalue weighted by atomic mass is 16.2. The van der Waals surface area contributed by atoms with Crippen LogP contribution < -0.4 is 5.32 Å². The van der Waals surface area contributed by atoms with Crippen LogP contribution in [0.15, 0.2) is 0 Å². The van der Waals surface area contributed by atoms with Crippen molar-refractivity contribution >= 4 is 5.91 Å². The second kappa shape index (κ2) is 4.45. The van der Waals surface area contributed by atoms with Gasteiger partial charge in [0.1, 0.15) is 0 Å². The molecule has 3 heteroatoms. The highest BCUT2D eigenvalue weighted by molar-refractivity contribution is 5.77. The molecule has 1 saturated carbocycles. The number of carbonyl (C=O) groups excluding carboxylic acids is 1. The Labute approximate surface area is 74.1 Å². The standard InChI is InChI=1S/C9H18N2O/c1-3-11(2)9(12)7-10-8-5-4-6-8/h8,10H,3-7H2,1-2H3. The van der Waals surface area contributed by atoms with Crippen LogP contribution in [0.25, 0.3) is 0 Å². The summed E-state index contributed by atoms with van der Waals surface area (Å²) in [6.07, 6.45) is 3.79. The van der Waals surface area contributed by atoms with E-state index < -0.39 is 0 Å². The zero-order valence-electron chi connectivity index (χ0n) is 7.97. The molecule has 1 amide bonds. The van der Waals surface area contributed by atoms with Gasteiger partial charge in [-0.15, -0.1) is 0 Å². The molecule has 1 aliphatic rings. The van der Waals surface area contributed by atoms with Crippen LogP contribution >= 0.6 is 0 Å². The van der Waals surface area contributed by atoms with E-state index in [0.717, 1.165) is 6.54 Å². The van der Waals surface area contributed by atoms with Crippen molar-refractivity contribution in [2.24, 2.45) is 0 Å². The first-order valence-electron chi connectivity index (χ1n) is 4.71. The van der Waals surface area contributed by atoms with Gasteiger partial charge in [-0.1, -0.05) is 6.42 Å². The van der Waals surface area contributed by atoms with E-state index in [2.05, 4.69) is 5.32 Å². The van der Waals surface area contributed by atoms with Gasteiger partial charge in [-0.25, -0.2) is 0 Å². The fourth-order valence-corrected chi connectivity index (χ4v) is 1.16. The van der Waals surface area contributed by atoms with Crippen LogP contribution in [-0.2, 0) is 4.79 Å². The Hall–Kier alpha value is -0.570. The smallest absolute Gasteiger partial charge is 0.236 e. The summed E-state index contributed by atoms with van der Waals surface area (Å²) in [5.74, 6) is 0.199. The van der Waals surface area contributed by atoms with Crippen molar-refractivity contribution in [3.63, 3.8) is 0 Å². The van der Waals surface area contributed by atoms with Gasteiger partial charge in [0.2, 0.25) is 5.91 Å². The molecule has 70 valence electrons. The van der Waals surface area contributed by atoms with Crippen molar-refractivity contribution < 1.29 is 4.79 Å². The molecule has 1 fully saturated rings. The minimum absolute atomic E-state index is 0.199. The van der Waals surface area contributed by atoms with Crippen molar-refractivity contribution in [3.8, 4) is 0 Å². The van der Waals surface area contributed by atoms with E-state index in [9.17, 15) is 4.79 Å². The predicted molar refractivity (Wildman–Crippen MR) is 49.0 cm³/mol. The summed E-state index contributed by atoms with van der Waals surface area (Å²) in [5, 5.41) is 3.24. The van der Waals surface area contributed by atoms with Gasteiger partial charge in [0, 0.05) is 19.6 Å². The minimum Gasteiger partial charge on any atom is -0.345 e. The third-order valence-corrected chi connectivity index (χ3v) is 2.55. The maximum absolute atomic E-state index is 11.3. The van der Waals surface area contributed by atoms with E-state index in [4.69, 9.17) is 0 Å². The first-order chi connectivity index (χ1) is 5.74. The second-order valence-electron chi connectivity index (χ2n) is 3.42. The molecule has 0 aromatic heterocycles. The van der Waals surface area contributed by atoms with Gasteiger partial charge in [0.05, 0.1) is 6.54 Å². The van der Waals surface area contributed by atoms with Crippen LogP contribution in [0, 0.1) is 0 Å². The van der Waals surface area contributed by atoms with Crippen LogP contribution in [0.5, 0.6) is 0 Å². The number of nitrogens with zero attached hydrogens (tertiary/aromatic N) is 1. The second-order valence-corrected chi connectivity index (χ2v) is 3.42. The normalized spacial score (nSPS) is 17.2. The van der Waals surface area contributed by atoms with E-state index in [1.807, 2.05) is 14.0 Å². The van der Waals surface area contributed by atoms with Crippen LogP contribution in [0.4, 0.5) is 0 Å². The molecule has 12 heavy (non-hydrogen) atoms. The molecule has 0 atom stereocenters. The zero-order chi connectivity index (χ0) is 8.97. The third-order valence-electron chi connectivity index (χ3n) is 2.55. The predicted octanol–water partition coefficient (Wildman–Crippen LogP) is 0.607. The molecular formula is C9H18N2O. The lowest BCUT2D eigenvalue weighted by atomic mass is 9.93. The molecule has 0 aromatic rings. The first-order valence-corrected chi connectivity index (χ1v) is 4.71. The van der Waals surface area contributed by atoms with Crippen molar-refractivity contribution in [3.05, 3.63) is 0 Å². The lowest BCUT2D eigenvalue weighted by molar-refractivity contribution is -0.128. The van der Waals surface area contributed by atoms with Crippen LogP contribution in [0.3, 0.4) is 0 Å². The molecule has 0 saturated heterocycles. The van der Waals surface area contributed by atoms with Gasteiger partial charge in [-0.2, -0.15) is 0 Å². The third kappa shape index (κ3) is 2.48. The van der Waals surface area contributed by atoms with Gasteiger partial charge in [-0.05, 0) is 19.8 Å². The number of hydrogen-bond acceptors (Lipinski definition) is 2. The van der Waals surface area contributed by atoms with Gasteiger partial charge < -0.3 is 10.2 Å². The van der Waals surface area contributed by atoms with Crippen LogP contribution in [0.1, 0.15) is 26.2 Å². The Balaban J connectivity index is 2.08. The number of amides is 1. The fraction of sp³-hybridized carbons (Fsp3) is 0.889. The molecule has 3 nitrogen and oxygen atoms in total. The molecule has 1 aliphatic carbocycles. The van der Waals surface area contributed by atoms with E-state index >= 15 is 0 Å². The summed E-state index contributed by atoms with van der Waals surface area (Å²) < 4.78 is 0. The average Bonchev–Trinajstić information content (AvgIpc) is 2.00. The Morgan fingerprint density at radius 3 is 2.67 bits per heavy atom. The number of rotatable bonds is 4. The van der Waals surface area contributed by atoms with E-state index in [1.54, 1.807) is 4.90 Å². The Morgan fingerprint density at radius 2 is 2.25 bits per heavy atom. The summed E-state index contributed by atoms with van der Waals surface area (Å²) in [6, 6.07) is 0.610. The van der Waals surface area contributed by atoms with E-state index in [1.165, 1.54) is 19.3 Å². The summed E-state index contributed by atoms with van der Waals surface area (Å²) in [5.41, 5.74) is 0. The SMILES string of the molecule is CCN(C)C(=O)CNC1CCC1. The monoisotopic (exact) mass is 170 g/mol. The number of nitrogens with one attached hydrogen (secondary N) is 1. The molecule has 0 radical (unpaired) electrons. The van der Waals surface area contributed by atoms with Gasteiger partial charge in [-0.3, -0.25) is 4.79 Å². The van der Waals surface area contributed by atoms with Crippen LogP contribution in [0.2, 0.25) is 0 Å². The Bertz CT molecular complexity index is 155. The van der Waals surface area contributed by atoms with Gasteiger partial charge in [0.15, 0.2) is 0 Å². The highest BCUT2D eigenvalue weighted by Crippen LogP contribution is 2.17. The zero-order valence-corrected chi connectivity index (χ0v) is 7.97. The molecule has 0 heterocycles. The van der Waals surface area contributed by atoms with Crippen molar-refractivity contribution in [2.45, 2.75) is 32.2 Å². The van der Waals surface area contributed by atoms with Crippen molar-refractivity contribution in [1.29, 1.82) is 0 Å². The summed E-state index contributed by atoms with van der Waals surface area (Å²) in [7, 11) is 1.84. The molecule has 0 aromatic carbocycles. The maximum atomic E-state index is 11.3. The highest BCUT2D eigenvalue weighted by Gasteiger charge is 2.17. The largest absolute Gasteiger partial charge is 0.345 e. The molecular weight excluding hydrogens is 152 g/mol. The Morgan fingerprint density at radius 1 is 1.58 bits per heavy atom. The summed E-state index contributed by atoms with van der Waals surface area (Å²) in [4.78, 5) is 13.0. The molecule has 0 bridgehead atoms. The molecule has 0 unspecified atom stereocenters. The fourth-order valence-electron chi connectivity index (χ4n) is 1.16. The number of carbonyl (C=O) groups is 1. The topological polar surface area (TPSA) is 32.3 Å². The maximum Gasteiger partial charge on any atom is 0.236 e. The lowest BCUT2D eigenvalue weighted by Gasteiger charge is -2.27. The summed E-state index contributed by atoms with van der Waals surface area (Å²) >= 11 is 0. The first kappa shape index (κ1) is 9.52. The van der Waals surface area contributed by atoms with Crippen molar-refractivity contribution in [2.75, 3.05) is 20.1 Å². The molecule has 1 rings (SSSR count). The summed E-state index contributed by atoms with van der Waals surface area (Å²) in [6.45, 7) is 3.29. The number of hydrogen-bond donors (Lipinski definition) is 1.